The Labute approximate surface area is 109 Å². The van der Waals surface area contributed by atoms with Gasteiger partial charge in [0, 0.05) is 13.1 Å². The highest BCUT2D eigenvalue weighted by molar-refractivity contribution is 7.92. The molecule has 18 heavy (non-hydrogen) atoms. The Balaban J connectivity index is 2.60. The summed E-state index contributed by atoms with van der Waals surface area (Å²) >= 11 is 0. The Bertz CT molecular complexity index is 360. The molecule has 1 aliphatic rings. The first-order valence-electron chi connectivity index (χ1n) is 6.58. The first kappa shape index (κ1) is 15.4. The van der Waals surface area contributed by atoms with Crippen LogP contribution in [0.4, 0.5) is 0 Å². The molecule has 106 valence electrons. The van der Waals surface area contributed by atoms with E-state index in [-0.39, 0.29) is 16.9 Å². The van der Waals surface area contributed by atoms with Gasteiger partial charge in [0.1, 0.15) is 5.75 Å². The van der Waals surface area contributed by atoms with Crippen molar-refractivity contribution in [2.24, 2.45) is 0 Å². The van der Waals surface area contributed by atoms with Crippen LogP contribution in [-0.4, -0.2) is 56.5 Å². The Hall–Kier alpha value is -0.620. The lowest BCUT2D eigenvalue weighted by molar-refractivity contribution is -0.132. The fourth-order valence-electron chi connectivity index (χ4n) is 2.15. The molecule has 0 radical (unpaired) electrons. The van der Waals surface area contributed by atoms with Crippen LogP contribution in [0.2, 0.25) is 0 Å². The van der Waals surface area contributed by atoms with Gasteiger partial charge in [0.15, 0.2) is 9.84 Å². The fourth-order valence-corrected chi connectivity index (χ4v) is 4.02. The van der Waals surface area contributed by atoms with Crippen molar-refractivity contribution < 1.29 is 17.9 Å². The van der Waals surface area contributed by atoms with E-state index in [2.05, 4.69) is 0 Å². The van der Waals surface area contributed by atoms with Crippen molar-refractivity contribution in [1.82, 2.24) is 4.90 Å². The molecular weight excluding hydrogens is 254 g/mol. The molecule has 1 rings (SSSR count). The van der Waals surface area contributed by atoms with E-state index in [1.807, 2.05) is 13.8 Å². The highest BCUT2D eigenvalue weighted by Gasteiger charge is 2.28. The second-order valence-electron chi connectivity index (χ2n) is 4.62. The first-order chi connectivity index (χ1) is 8.51. The minimum atomic E-state index is -3.32. The molecule has 5 nitrogen and oxygen atoms in total. The van der Waals surface area contributed by atoms with Crippen LogP contribution >= 0.6 is 0 Å². The predicted molar refractivity (Wildman–Crippen MR) is 70.2 cm³/mol. The van der Waals surface area contributed by atoms with Gasteiger partial charge in [-0.05, 0) is 12.8 Å². The zero-order valence-electron chi connectivity index (χ0n) is 11.2. The zero-order chi connectivity index (χ0) is 13.6. The number of amides is 1. The first-order valence-corrected chi connectivity index (χ1v) is 8.29. The molecule has 0 aromatic rings. The smallest absolute Gasteiger partial charge is 0.237 e. The molecule has 0 saturated carbocycles. The lowest BCUT2D eigenvalue weighted by atomic mass is 10.2. The molecule has 0 aromatic heterocycles. The summed E-state index contributed by atoms with van der Waals surface area (Å²) in [5.41, 5.74) is 0. The van der Waals surface area contributed by atoms with Gasteiger partial charge in [-0.15, -0.1) is 0 Å². The van der Waals surface area contributed by atoms with E-state index >= 15 is 0 Å². The third kappa shape index (κ3) is 4.24. The quantitative estimate of drug-likeness (QED) is 0.721. The molecule has 0 aromatic carbocycles. The molecule has 1 saturated heterocycles. The number of ether oxygens (including phenoxy) is 1. The van der Waals surface area contributed by atoms with Gasteiger partial charge in [0.05, 0.1) is 18.5 Å². The normalized spacial score (nSPS) is 18.7. The molecule has 1 aliphatic heterocycles. The maximum Gasteiger partial charge on any atom is 0.237 e. The number of carbonyl (C=O) groups is 1. The van der Waals surface area contributed by atoms with Crippen molar-refractivity contribution in [1.29, 1.82) is 0 Å². The van der Waals surface area contributed by atoms with Crippen LogP contribution in [0.3, 0.4) is 0 Å². The third-order valence-electron chi connectivity index (χ3n) is 3.26. The van der Waals surface area contributed by atoms with E-state index in [0.29, 0.717) is 39.1 Å². The number of hydrogen-bond donors (Lipinski definition) is 0. The second kappa shape index (κ2) is 7.09. The van der Waals surface area contributed by atoms with E-state index in [9.17, 15) is 13.2 Å². The van der Waals surface area contributed by atoms with Gasteiger partial charge in [0.2, 0.25) is 5.91 Å². The summed E-state index contributed by atoms with van der Waals surface area (Å²) in [6, 6.07) is 0. The van der Waals surface area contributed by atoms with Gasteiger partial charge < -0.3 is 9.64 Å². The Morgan fingerprint density at radius 3 is 2.39 bits per heavy atom. The molecule has 0 unspecified atom stereocenters. The highest BCUT2D eigenvalue weighted by Crippen LogP contribution is 2.14. The minimum Gasteiger partial charge on any atom is -0.378 e. The number of sulfone groups is 1. The molecule has 1 amide bonds. The number of morpholine rings is 1. The van der Waals surface area contributed by atoms with E-state index in [4.69, 9.17) is 4.74 Å². The SMILES string of the molecule is CCC[C@H](CC)S(=O)(=O)CC(=O)N1CCOCC1. The third-order valence-corrected chi connectivity index (χ3v) is 5.50. The van der Waals surface area contributed by atoms with Crippen LogP contribution in [0.1, 0.15) is 33.1 Å². The molecule has 1 heterocycles. The minimum absolute atomic E-state index is 0.284. The van der Waals surface area contributed by atoms with E-state index in [0.717, 1.165) is 6.42 Å². The van der Waals surface area contributed by atoms with E-state index < -0.39 is 9.84 Å². The van der Waals surface area contributed by atoms with Crippen LogP contribution in [-0.2, 0) is 19.4 Å². The molecule has 0 aliphatic carbocycles. The summed E-state index contributed by atoms with van der Waals surface area (Å²) in [5, 5.41) is -0.382. The standard InChI is InChI=1S/C12H23NO4S/c1-3-5-11(4-2)18(15,16)10-12(14)13-6-8-17-9-7-13/h11H,3-10H2,1-2H3/t11-/m0/s1. The molecular formula is C12H23NO4S. The predicted octanol–water partition coefficient (Wildman–Crippen LogP) is 0.839. The maximum absolute atomic E-state index is 12.1. The largest absolute Gasteiger partial charge is 0.378 e. The van der Waals surface area contributed by atoms with Gasteiger partial charge in [-0.2, -0.15) is 0 Å². The topological polar surface area (TPSA) is 63.7 Å². The molecule has 0 bridgehead atoms. The molecule has 0 N–H and O–H groups in total. The van der Waals surface area contributed by atoms with Crippen molar-refractivity contribution in [3.8, 4) is 0 Å². The van der Waals surface area contributed by atoms with Gasteiger partial charge in [-0.25, -0.2) is 8.42 Å². The van der Waals surface area contributed by atoms with Gasteiger partial charge in [0.25, 0.3) is 0 Å². The van der Waals surface area contributed by atoms with Crippen LogP contribution in [0.15, 0.2) is 0 Å². The number of nitrogens with zero attached hydrogens (tertiary/aromatic N) is 1. The van der Waals surface area contributed by atoms with Gasteiger partial charge >= 0.3 is 0 Å². The molecule has 1 fully saturated rings. The van der Waals surface area contributed by atoms with Crippen LogP contribution in [0.5, 0.6) is 0 Å². The van der Waals surface area contributed by atoms with Crippen LogP contribution in [0.25, 0.3) is 0 Å². The Morgan fingerprint density at radius 1 is 1.28 bits per heavy atom. The van der Waals surface area contributed by atoms with Gasteiger partial charge in [-0.3, -0.25) is 4.79 Å². The summed E-state index contributed by atoms with van der Waals surface area (Å²) in [6.45, 7) is 5.81. The second-order valence-corrected chi connectivity index (χ2v) is 6.90. The lowest BCUT2D eigenvalue weighted by Gasteiger charge is -2.27. The van der Waals surface area contributed by atoms with Crippen molar-refractivity contribution in [2.45, 2.75) is 38.4 Å². The van der Waals surface area contributed by atoms with Crippen molar-refractivity contribution in [3.63, 3.8) is 0 Å². The summed E-state index contributed by atoms with van der Waals surface area (Å²) in [7, 11) is -3.32. The van der Waals surface area contributed by atoms with E-state index in [1.54, 1.807) is 4.90 Å². The van der Waals surface area contributed by atoms with Crippen LogP contribution in [0, 0.1) is 0 Å². The number of hydrogen-bond acceptors (Lipinski definition) is 4. The van der Waals surface area contributed by atoms with Crippen LogP contribution < -0.4 is 0 Å². The number of rotatable bonds is 6. The summed E-state index contributed by atoms with van der Waals surface area (Å²) in [5.74, 6) is -0.640. The average molecular weight is 277 g/mol. The highest BCUT2D eigenvalue weighted by atomic mass is 32.2. The van der Waals surface area contributed by atoms with Gasteiger partial charge in [-0.1, -0.05) is 20.3 Å². The monoisotopic (exact) mass is 277 g/mol. The lowest BCUT2D eigenvalue weighted by Crippen LogP contribution is -2.44. The van der Waals surface area contributed by atoms with Crippen molar-refractivity contribution >= 4 is 15.7 Å². The van der Waals surface area contributed by atoms with E-state index in [1.165, 1.54) is 0 Å². The molecule has 0 spiro atoms. The molecule has 1 atom stereocenters. The molecule has 6 heteroatoms. The van der Waals surface area contributed by atoms with Crippen molar-refractivity contribution in [2.75, 3.05) is 32.1 Å². The summed E-state index contributed by atoms with van der Waals surface area (Å²) in [6.07, 6.45) is 2.03. The average Bonchev–Trinajstić information content (AvgIpc) is 2.36. The summed E-state index contributed by atoms with van der Waals surface area (Å²) < 4.78 is 29.4. The Kier molecular flexibility index (Phi) is 6.08. The number of carbonyl (C=O) groups excluding carboxylic acids is 1. The fraction of sp³-hybridized carbons (Fsp3) is 0.917. The summed E-state index contributed by atoms with van der Waals surface area (Å²) in [4.78, 5) is 13.5. The maximum atomic E-state index is 12.1. The van der Waals surface area contributed by atoms with Crippen molar-refractivity contribution in [3.05, 3.63) is 0 Å². The Morgan fingerprint density at radius 2 is 1.89 bits per heavy atom. The zero-order valence-corrected chi connectivity index (χ0v) is 12.0.